The van der Waals surface area contributed by atoms with Crippen molar-refractivity contribution in [1.29, 1.82) is 5.41 Å². The summed E-state index contributed by atoms with van der Waals surface area (Å²) in [5.74, 6) is -1.05. The fraction of sp³-hybridized carbons (Fsp3) is 0. The fourth-order valence-corrected chi connectivity index (χ4v) is 0.960. The lowest BCUT2D eigenvalue weighted by atomic mass is 10.1. The van der Waals surface area contributed by atoms with Crippen LogP contribution in [0, 0.1) is 5.41 Å². The van der Waals surface area contributed by atoms with Crippen LogP contribution in [0.2, 0.25) is 0 Å². The normalized spacial score (nSPS) is 9.14. The van der Waals surface area contributed by atoms with Crippen LogP contribution >= 0.6 is 0 Å². The van der Waals surface area contributed by atoms with Gasteiger partial charge < -0.3 is 5.73 Å². The molecule has 0 atom stereocenters. The predicted molar refractivity (Wildman–Crippen MR) is 50.6 cm³/mol. The molecule has 1 aromatic rings. The number of amides is 1. The average molecular weight is 190 g/mol. The largest absolute Gasteiger partial charge is 0.370 e. The van der Waals surface area contributed by atoms with E-state index < -0.39 is 11.9 Å². The predicted octanol–water partition coefficient (Wildman–Crippen LogP) is -0.232. The first-order valence-electron chi connectivity index (χ1n) is 3.77. The van der Waals surface area contributed by atoms with Crippen molar-refractivity contribution in [1.82, 2.24) is 5.32 Å². The van der Waals surface area contributed by atoms with Crippen molar-refractivity contribution < 1.29 is 9.59 Å². The second-order valence-electron chi connectivity index (χ2n) is 2.52. The molecule has 71 valence electrons. The van der Waals surface area contributed by atoms with Crippen molar-refractivity contribution in [3.05, 3.63) is 35.4 Å². The van der Waals surface area contributed by atoms with Crippen LogP contribution in [0.1, 0.15) is 15.9 Å². The van der Waals surface area contributed by atoms with Gasteiger partial charge in [-0.3, -0.25) is 20.3 Å². The van der Waals surface area contributed by atoms with Gasteiger partial charge in [0, 0.05) is 5.56 Å². The lowest BCUT2D eigenvalue weighted by Gasteiger charge is -2.03. The third-order valence-corrected chi connectivity index (χ3v) is 1.53. The molecule has 5 nitrogen and oxygen atoms in total. The Kier molecular flexibility index (Phi) is 2.96. The smallest absolute Gasteiger partial charge is 0.258 e. The van der Waals surface area contributed by atoms with Gasteiger partial charge in [-0.15, -0.1) is 0 Å². The molecule has 0 aliphatic heterocycles. The molecule has 5 heteroatoms. The Morgan fingerprint density at radius 2 is 2.07 bits per heavy atom. The average Bonchev–Trinajstić information content (AvgIpc) is 2.16. The number of nitrogens with one attached hydrogen (secondary N) is 2. The molecule has 1 rings (SSSR count). The first-order chi connectivity index (χ1) is 6.65. The molecule has 1 radical (unpaired) electrons. The number of carbonyl (C=O) groups is 1. The van der Waals surface area contributed by atoms with Gasteiger partial charge in [-0.25, -0.2) is 0 Å². The first kappa shape index (κ1) is 9.91. The molecule has 0 aromatic heterocycles. The van der Waals surface area contributed by atoms with Crippen LogP contribution in [0.3, 0.4) is 0 Å². The Morgan fingerprint density at radius 3 is 2.64 bits per heavy atom. The standard InChI is InChI=1S/C9H8N3O2/c10-9(11)12-8(14)7-4-2-1-3-6(7)5-13/h1-4H,(H4,10,11,12,14). The molecule has 0 unspecified atom stereocenters. The maximum atomic E-state index is 11.3. The highest BCUT2D eigenvalue weighted by atomic mass is 16.2. The molecule has 1 amide bonds. The number of rotatable bonds is 2. The van der Waals surface area contributed by atoms with Crippen LogP contribution < -0.4 is 11.1 Å². The van der Waals surface area contributed by atoms with E-state index in [1.54, 1.807) is 18.4 Å². The van der Waals surface area contributed by atoms with Gasteiger partial charge in [-0.1, -0.05) is 18.2 Å². The number of hydrogen-bond acceptors (Lipinski definition) is 3. The van der Waals surface area contributed by atoms with Crippen LogP contribution in [0.25, 0.3) is 0 Å². The van der Waals surface area contributed by atoms with Crippen molar-refractivity contribution in [2.24, 2.45) is 5.73 Å². The van der Waals surface area contributed by atoms with E-state index in [1.165, 1.54) is 12.1 Å². The number of carbonyl (C=O) groups excluding carboxylic acids is 2. The van der Waals surface area contributed by atoms with E-state index in [1.807, 2.05) is 0 Å². The van der Waals surface area contributed by atoms with Crippen LogP contribution in [-0.2, 0) is 4.79 Å². The first-order valence-corrected chi connectivity index (χ1v) is 3.77. The highest BCUT2D eigenvalue weighted by molar-refractivity contribution is 6.08. The van der Waals surface area contributed by atoms with Crippen molar-refractivity contribution in [3.8, 4) is 0 Å². The van der Waals surface area contributed by atoms with Crippen LogP contribution in [0.4, 0.5) is 0 Å². The van der Waals surface area contributed by atoms with E-state index >= 15 is 0 Å². The summed E-state index contributed by atoms with van der Waals surface area (Å²) in [5, 5.41) is 8.93. The number of benzene rings is 1. The second-order valence-corrected chi connectivity index (χ2v) is 2.52. The minimum atomic E-state index is -0.587. The summed E-state index contributed by atoms with van der Waals surface area (Å²) in [6.07, 6.45) is 1.63. The Hall–Kier alpha value is -2.17. The van der Waals surface area contributed by atoms with Gasteiger partial charge in [-0.2, -0.15) is 0 Å². The van der Waals surface area contributed by atoms with Gasteiger partial charge in [-0.05, 0) is 6.07 Å². The maximum Gasteiger partial charge on any atom is 0.258 e. The number of hydrogen-bond donors (Lipinski definition) is 3. The maximum absolute atomic E-state index is 11.3. The van der Waals surface area contributed by atoms with Gasteiger partial charge in [0.05, 0.1) is 5.56 Å². The summed E-state index contributed by atoms with van der Waals surface area (Å²) in [5.41, 5.74) is 5.27. The summed E-state index contributed by atoms with van der Waals surface area (Å²) in [6, 6.07) is 6.14. The molecule has 0 aliphatic rings. The third-order valence-electron chi connectivity index (χ3n) is 1.53. The monoisotopic (exact) mass is 190 g/mol. The van der Waals surface area contributed by atoms with Crippen LogP contribution in [0.15, 0.2) is 24.3 Å². The molecule has 0 fully saturated rings. The summed E-state index contributed by atoms with van der Waals surface area (Å²) < 4.78 is 0. The van der Waals surface area contributed by atoms with Crippen LogP contribution in [0.5, 0.6) is 0 Å². The zero-order chi connectivity index (χ0) is 10.6. The van der Waals surface area contributed by atoms with E-state index in [0.29, 0.717) is 0 Å². The summed E-state index contributed by atoms with van der Waals surface area (Å²) >= 11 is 0. The molecule has 0 aliphatic carbocycles. The Bertz CT molecular complexity index is 387. The van der Waals surface area contributed by atoms with Crippen molar-refractivity contribution >= 4 is 18.2 Å². The van der Waals surface area contributed by atoms with E-state index in [0.717, 1.165) is 0 Å². The molecule has 4 N–H and O–H groups in total. The van der Waals surface area contributed by atoms with Crippen molar-refractivity contribution in [3.63, 3.8) is 0 Å². The van der Waals surface area contributed by atoms with E-state index in [9.17, 15) is 9.59 Å². The SMILES string of the molecule is N=C(N)NC(=O)c1ccccc1[C]=O. The molecule has 0 heterocycles. The number of nitrogens with two attached hydrogens (primary N) is 1. The Balaban J connectivity index is 2.99. The van der Waals surface area contributed by atoms with Gasteiger partial charge in [0.15, 0.2) is 5.96 Å². The van der Waals surface area contributed by atoms with Gasteiger partial charge in [0.25, 0.3) is 5.91 Å². The molecule has 1 aromatic carbocycles. The summed E-state index contributed by atoms with van der Waals surface area (Å²) in [4.78, 5) is 21.8. The molecule has 0 bridgehead atoms. The minimum absolute atomic E-state index is 0.145. The topological polar surface area (TPSA) is 96.0 Å². The summed E-state index contributed by atoms with van der Waals surface area (Å²) in [7, 11) is 0. The summed E-state index contributed by atoms with van der Waals surface area (Å²) in [6.45, 7) is 0. The Morgan fingerprint density at radius 1 is 1.43 bits per heavy atom. The molecule has 14 heavy (non-hydrogen) atoms. The highest BCUT2D eigenvalue weighted by Gasteiger charge is 2.10. The molecular formula is C9H8N3O2. The highest BCUT2D eigenvalue weighted by Crippen LogP contribution is 2.05. The zero-order valence-electron chi connectivity index (χ0n) is 7.20. The quantitative estimate of drug-likeness (QED) is 0.444. The van der Waals surface area contributed by atoms with Gasteiger partial charge in [0.1, 0.15) is 0 Å². The third kappa shape index (κ3) is 2.16. The molecule has 0 spiro atoms. The van der Waals surface area contributed by atoms with Crippen LogP contribution in [-0.4, -0.2) is 18.2 Å². The van der Waals surface area contributed by atoms with Crippen molar-refractivity contribution in [2.45, 2.75) is 0 Å². The van der Waals surface area contributed by atoms with Gasteiger partial charge >= 0.3 is 0 Å². The van der Waals surface area contributed by atoms with E-state index in [-0.39, 0.29) is 11.1 Å². The Labute approximate surface area is 80.4 Å². The molecular weight excluding hydrogens is 182 g/mol. The zero-order valence-corrected chi connectivity index (χ0v) is 7.20. The number of guanidine groups is 1. The minimum Gasteiger partial charge on any atom is -0.370 e. The fourth-order valence-electron chi connectivity index (χ4n) is 0.960. The lowest BCUT2D eigenvalue weighted by Crippen LogP contribution is -2.36. The van der Waals surface area contributed by atoms with Crippen molar-refractivity contribution in [2.75, 3.05) is 0 Å². The second kappa shape index (κ2) is 4.18. The molecule has 0 saturated heterocycles. The van der Waals surface area contributed by atoms with E-state index in [4.69, 9.17) is 11.1 Å². The molecule has 0 saturated carbocycles. The van der Waals surface area contributed by atoms with Gasteiger partial charge in [0.2, 0.25) is 6.29 Å². The van der Waals surface area contributed by atoms with E-state index in [2.05, 4.69) is 5.32 Å². The lowest BCUT2D eigenvalue weighted by molar-refractivity contribution is 0.0976.